The van der Waals surface area contributed by atoms with Gasteiger partial charge in [0.1, 0.15) is 0 Å². The van der Waals surface area contributed by atoms with Crippen molar-refractivity contribution in [3.05, 3.63) is 17.7 Å². The zero-order valence-corrected chi connectivity index (χ0v) is 13.3. The van der Waals surface area contributed by atoms with Gasteiger partial charge in [-0.2, -0.15) is 0 Å². The molecule has 1 fully saturated rings. The SMILES string of the molecule is CCOC[C@H]1CN(CC2CCOCC2)Cc2ncn(C)c21. The van der Waals surface area contributed by atoms with Crippen molar-refractivity contribution >= 4 is 0 Å². The second-order valence-corrected chi connectivity index (χ2v) is 6.29. The van der Waals surface area contributed by atoms with Crippen LogP contribution >= 0.6 is 0 Å². The highest BCUT2D eigenvalue weighted by atomic mass is 16.5. The van der Waals surface area contributed by atoms with Gasteiger partial charge in [0.2, 0.25) is 0 Å². The molecule has 0 spiro atoms. The van der Waals surface area contributed by atoms with E-state index in [1.165, 1.54) is 30.8 Å². The molecule has 0 radical (unpaired) electrons. The highest BCUT2D eigenvalue weighted by molar-refractivity contribution is 5.21. The lowest BCUT2D eigenvalue weighted by Crippen LogP contribution is -2.40. The summed E-state index contributed by atoms with van der Waals surface area (Å²) in [7, 11) is 2.10. The predicted molar refractivity (Wildman–Crippen MR) is 81.3 cm³/mol. The Kier molecular flexibility index (Phi) is 4.93. The molecular weight excluding hydrogens is 266 g/mol. The van der Waals surface area contributed by atoms with Crippen LogP contribution in [0.1, 0.15) is 37.1 Å². The minimum atomic E-state index is 0.445. The third-order valence-corrected chi connectivity index (χ3v) is 4.68. The van der Waals surface area contributed by atoms with Gasteiger partial charge in [0.15, 0.2) is 0 Å². The van der Waals surface area contributed by atoms with Crippen LogP contribution in [0, 0.1) is 5.92 Å². The van der Waals surface area contributed by atoms with Gasteiger partial charge in [0.25, 0.3) is 0 Å². The molecule has 1 atom stereocenters. The maximum absolute atomic E-state index is 5.70. The van der Waals surface area contributed by atoms with Crippen LogP contribution in [0.5, 0.6) is 0 Å². The molecule has 5 heteroatoms. The first-order chi connectivity index (χ1) is 10.3. The fourth-order valence-corrected chi connectivity index (χ4v) is 3.63. The Morgan fingerprint density at radius 1 is 1.38 bits per heavy atom. The van der Waals surface area contributed by atoms with Crippen molar-refractivity contribution in [1.29, 1.82) is 0 Å². The topological polar surface area (TPSA) is 39.5 Å². The second kappa shape index (κ2) is 6.90. The van der Waals surface area contributed by atoms with Gasteiger partial charge in [-0.25, -0.2) is 4.98 Å². The molecule has 0 N–H and O–H groups in total. The molecule has 0 aliphatic carbocycles. The van der Waals surface area contributed by atoms with Gasteiger partial charge in [-0.05, 0) is 25.7 Å². The van der Waals surface area contributed by atoms with Crippen LogP contribution in [0.15, 0.2) is 6.33 Å². The average molecular weight is 293 g/mol. The van der Waals surface area contributed by atoms with Gasteiger partial charge in [0, 0.05) is 58.1 Å². The van der Waals surface area contributed by atoms with Gasteiger partial charge in [-0.1, -0.05) is 0 Å². The van der Waals surface area contributed by atoms with E-state index in [9.17, 15) is 0 Å². The molecule has 0 unspecified atom stereocenters. The summed E-state index contributed by atoms with van der Waals surface area (Å²) in [6.45, 7) is 8.73. The number of hydrogen-bond acceptors (Lipinski definition) is 4. The number of rotatable bonds is 5. The largest absolute Gasteiger partial charge is 0.381 e. The number of ether oxygens (including phenoxy) is 2. The van der Waals surface area contributed by atoms with Gasteiger partial charge in [-0.3, -0.25) is 4.90 Å². The van der Waals surface area contributed by atoms with Crippen LogP contribution in [0.25, 0.3) is 0 Å². The Hall–Kier alpha value is -0.910. The van der Waals surface area contributed by atoms with E-state index in [4.69, 9.17) is 9.47 Å². The number of hydrogen-bond donors (Lipinski definition) is 0. The lowest BCUT2D eigenvalue weighted by Gasteiger charge is -2.35. The Labute approximate surface area is 127 Å². The molecule has 21 heavy (non-hydrogen) atoms. The zero-order chi connectivity index (χ0) is 14.7. The highest BCUT2D eigenvalue weighted by Crippen LogP contribution is 2.29. The first-order valence-corrected chi connectivity index (χ1v) is 8.15. The molecule has 118 valence electrons. The molecule has 0 amide bonds. The number of aryl methyl sites for hydroxylation is 1. The Balaban J connectivity index is 1.67. The van der Waals surface area contributed by atoms with Crippen LogP contribution in [-0.2, 0) is 23.1 Å². The average Bonchev–Trinajstić information content (AvgIpc) is 2.87. The summed E-state index contributed by atoms with van der Waals surface area (Å²) >= 11 is 0. The van der Waals surface area contributed by atoms with Crippen molar-refractivity contribution in [3.8, 4) is 0 Å². The molecule has 1 aromatic rings. The molecule has 3 heterocycles. The van der Waals surface area contributed by atoms with E-state index in [0.29, 0.717) is 5.92 Å². The Morgan fingerprint density at radius 2 is 2.19 bits per heavy atom. The quantitative estimate of drug-likeness (QED) is 0.829. The van der Waals surface area contributed by atoms with E-state index >= 15 is 0 Å². The predicted octanol–water partition coefficient (Wildman–Crippen LogP) is 1.78. The number of nitrogens with zero attached hydrogens (tertiary/aromatic N) is 3. The van der Waals surface area contributed by atoms with Crippen molar-refractivity contribution in [1.82, 2.24) is 14.5 Å². The fourth-order valence-electron chi connectivity index (χ4n) is 3.63. The maximum atomic E-state index is 5.70. The number of aromatic nitrogens is 2. The third-order valence-electron chi connectivity index (χ3n) is 4.68. The van der Waals surface area contributed by atoms with E-state index in [0.717, 1.165) is 45.4 Å². The summed E-state index contributed by atoms with van der Waals surface area (Å²) < 4.78 is 13.3. The summed E-state index contributed by atoms with van der Waals surface area (Å²) in [5.74, 6) is 1.22. The molecule has 2 aliphatic rings. The molecule has 5 nitrogen and oxygen atoms in total. The van der Waals surface area contributed by atoms with Crippen LogP contribution in [-0.4, -0.2) is 54.0 Å². The van der Waals surface area contributed by atoms with Crippen molar-refractivity contribution in [2.45, 2.75) is 32.2 Å². The number of fused-ring (bicyclic) bond motifs is 1. The van der Waals surface area contributed by atoms with E-state index in [2.05, 4.69) is 28.4 Å². The zero-order valence-electron chi connectivity index (χ0n) is 13.3. The maximum Gasteiger partial charge on any atom is 0.0949 e. The summed E-state index contributed by atoms with van der Waals surface area (Å²) in [4.78, 5) is 7.16. The third kappa shape index (κ3) is 3.47. The van der Waals surface area contributed by atoms with Crippen LogP contribution in [0.4, 0.5) is 0 Å². The summed E-state index contributed by atoms with van der Waals surface area (Å²) in [5.41, 5.74) is 2.60. The molecule has 3 rings (SSSR count). The molecular formula is C16H27N3O2. The van der Waals surface area contributed by atoms with Crippen molar-refractivity contribution in [3.63, 3.8) is 0 Å². The summed E-state index contributed by atoms with van der Waals surface area (Å²) in [6.07, 6.45) is 4.34. The lowest BCUT2D eigenvalue weighted by atomic mass is 9.95. The van der Waals surface area contributed by atoms with Crippen LogP contribution in [0.2, 0.25) is 0 Å². The second-order valence-electron chi connectivity index (χ2n) is 6.29. The molecule has 0 aromatic carbocycles. The van der Waals surface area contributed by atoms with Gasteiger partial charge in [-0.15, -0.1) is 0 Å². The monoisotopic (exact) mass is 293 g/mol. The van der Waals surface area contributed by atoms with Crippen LogP contribution in [0.3, 0.4) is 0 Å². The molecule has 1 aromatic heterocycles. The molecule has 2 aliphatic heterocycles. The van der Waals surface area contributed by atoms with Gasteiger partial charge >= 0.3 is 0 Å². The normalized spacial score (nSPS) is 24.2. The minimum absolute atomic E-state index is 0.445. The van der Waals surface area contributed by atoms with Gasteiger partial charge in [0.05, 0.1) is 18.6 Å². The van der Waals surface area contributed by atoms with Crippen LogP contribution < -0.4 is 0 Å². The molecule has 0 bridgehead atoms. The number of imidazole rings is 1. The highest BCUT2D eigenvalue weighted by Gasteiger charge is 2.30. The molecule has 1 saturated heterocycles. The van der Waals surface area contributed by atoms with E-state index in [1.54, 1.807) is 0 Å². The minimum Gasteiger partial charge on any atom is -0.381 e. The van der Waals surface area contributed by atoms with Crippen molar-refractivity contribution < 1.29 is 9.47 Å². The van der Waals surface area contributed by atoms with Crippen molar-refractivity contribution in [2.24, 2.45) is 13.0 Å². The fraction of sp³-hybridized carbons (Fsp3) is 0.812. The van der Waals surface area contributed by atoms with E-state index in [1.807, 2.05) is 6.33 Å². The lowest BCUT2D eigenvalue weighted by molar-refractivity contribution is 0.0438. The first-order valence-electron chi connectivity index (χ1n) is 8.15. The van der Waals surface area contributed by atoms with Gasteiger partial charge < -0.3 is 14.0 Å². The standard InChI is InChI=1S/C16H27N3O2/c1-3-20-11-14-9-19(8-13-4-6-21-7-5-13)10-15-16(14)18(2)12-17-15/h12-14H,3-11H2,1-2H3/t14-/m1/s1. The summed E-state index contributed by atoms with van der Waals surface area (Å²) in [5, 5.41) is 0. The Bertz CT molecular complexity index is 454. The smallest absolute Gasteiger partial charge is 0.0949 e. The summed E-state index contributed by atoms with van der Waals surface area (Å²) in [6, 6.07) is 0. The van der Waals surface area contributed by atoms with E-state index in [-0.39, 0.29) is 0 Å². The first kappa shape index (κ1) is 15.0. The Morgan fingerprint density at radius 3 is 2.95 bits per heavy atom. The van der Waals surface area contributed by atoms with E-state index < -0.39 is 0 Å². The molecule has 0 saturated carbocycles. The van der Waals surface area contributed by atoms with Crippen molar-refractivity contribution in [2.75, 3.05) is 39.5 Å².